The molecular formula is C17H23N3O4S. The number of rotatable bonds is 4. The van der Waals surface area contributed by atoms with E-state index in [0.29, 0.717) is 38.2 Å². The lowest BCUT2D eigenvalue weighted by molar-refractivity contribution is -0.136. The first kappa shape index (κ1) is 19.1. The second kappa shape index (κ2) is 9.31. The van der Waals surface area contributed by atoms with Gasteiger partial charge in [0, 0.05) is 24.0 Å². The van der Waals surface area contributed by atoms with E-state index >= 15 is 0 Å². The maximum Gasteiger partial charge on any atom is 0.409 e. The van der Waals surface area contributed by atoms with Gasteiger partial charge in [-0.25, -0.2) is 4.79 Å². The van der Waals surface area contributed by atoms with Crippen LogP contribution in [0.3, 0.4) is 0 Å². The van der Waals surface area contributed by atoms with Gasteiger partial charge in [-0.2, -0.15) is 0 Å². The summed E-state index contributed by atoms with van der Waals surface area (Å²) in [5.74, 6) is -1.35. The summed E-state index contributed by atoms with van der Waals surface area (Å²) in [4.78, 5) is 38.3. The highest BCUT2D eigenvalue weighted by Crippen LogP contribution is 2.24. The van der Waals surface area contributed by atoms with Crippen LogP contribution >= 0.6 is 11.8 Å². The van der Waals surface area contributed by atoms with Gasteiger partial charge in [0.05, 0.1) is 12.3 Å². The van der Waals surface area contributed by atoms with E-state index in [4.69, 9.17) is 4.74 Å². The third-order valence-electron chi connectivity index (χ3n) is 3.92. The maximum absolute atomic E-state index is 12.1. The number of likely N-dealkylation sites (tertiary alicyclic amines) is 1. The number of nitrogens with one attached hydrogen (secondary N) is 2. The average Bonchev–Trinajstić information content (AvgIpc) is 2.63. The number of para-hydroxylation sites is 1. The van der Waals surface area contributed by atoms with Crippen LogP contribution in [0.25, 0.3) is 0 Å². The van der Waals surface area contributed by atoms with E-state index in [2.05, 4.69) is 10.6 Å². The van der Waals surface area contributed by atoms with Crippen LogP contribution < -0.4 is 10.6 Å². The van der Waals surface area contributed by atoms with Crippen LogP contribution in [-0.2, 0) is 14.3 Å². The van der Waals surface area contributed by atoms with E-state index in [1.165, 1.54) is 11.8 Å². The van der Waals surface area contributed by atoms with Crippen LogP contribution in [0.1, 0.15) is 19.8 Å². The molecule has 0 radical (unpaired) electrons. The Morgan fingerprint density at radius 1 is 1.20 bits per heavy atom. The van der Waals surface area contributed by atoms with Crippen molar-refractivity contribution in [3.63, 3.8) is 0 Å². The Labute approximate surface area is 151 Å². The van der Waals surface area contributed by atoms with Gasteiger partial charge < -0.3 is 20.3 Å². The summed E-state index contributed by atoms with van der Waals surface area (Å²) < 4.78 is 4.96. The molecule has 1 fully saturated rings. The number of benzene rings is 1. The standard InChI is InChI=1S/C17H23N3O4S/c1-3-24-17(23)20-10-8-12(9-11-20)18-15(21)16(22)19-13-6-4-5-7-14(13)25-2/h4-7,12H,3,8-11H2,1-2H3,(H,18,21)(H,19,22). The van der Waals surface area contributed by atoms with Crippen LogP contribution in [0.2, 0.25) is 0 Å². The number of ether oxygens (including phenoxy) is 1. The zero-order valence-corrected chi connectivity index (χ0v) is 15.2. The van der Waals surface area contributed by atoms with Crippen molar-refractivity contribution in [3.05, 3.63) is 24.3 Å². The molecule has 0 saturated carbocycles. The van der Waals surface area contributed by atoms with Crippen LogP contribution in [0.4, 0.5) is 10.5 Å². The van der Waals surface area contributed by atoms with Crippen molar-refractivity contribution in [1.82, 2.24) is 10.2 Å². The molecule has 0 aromatic heterocycles. The highest BCUT2D eigenvalue weighted by Gasteiger charge is 2.26. The van der Waals surface area contributed by atoms with Crippen molar-refractivity contribution in [2.24, 2.45) is 0 Å². The van der Waals surface area contributed by atoms with Crippen LogP contribution in [-0.4, -0.2) is 54.8 Å². The van der Waals surface area contributed by atoms with E-state index in [1.54, 1.807) is 24.0 Å². The fourth-order valence-electron chi connectivity index (χ4n) is 2.60. The van der Waals surface area contributed by atoms with Crippen LogP contribution in [0.15, 0.2) is 29.2 Å². The molecule has 2 rings (SSSR count). The minimum atomic E-state index is -0.686. The maximum atomic E-state index is 12.1. The second-order valence-electron chi connectivity index (χ2n) is 5.59. The van der Waals surface area contributed by atoms with Gasteiger partial charge in [0.2, 0.25) is 0 Å². The molecule has 0 aliphatic carbocycles. The molecule has 3 amide bonds. The van der Waals surface area contributed by atoms with E-state index in [0.717, 1.165) is 4.90 Å². The van der Waals surface area contributed by atoms with Gasteiger partial charge in [-0.15, -0.1) is 11.8 Å². The molecular weight excluding hydrogens is 342 g/mol. The molecule has 1 heterocycles. The van der Waals surface area contributed by atoms with E-state index in [-0.39, 0.29) is 12.1 Å². The molecule has 136 valence electrons. The van der Waals surface area contributed by atoms with Gasteiger partial charge >= 0.3 is 17.9 Å². The van der Waals surface area contributed by atoms with Crippen molar-refractivity contribution in [2.45, 2.75) is 30.7 Å². The van der Waals surface area contributed by atoms with Crippen molar-refractivity contribution < 1.29 is 19.1 Å². The molecule has 1 aliphatic rings. The SMILES string of the molecule is CCOC(=O)N1CCC(NC(=O)C(=O)Nc2ccccc2SC)CC1. The van der Waals surface area contributed by atoms with Crippen molar-refractivity contribution >= 4 is 35.4 Å². The molecule has 7 nitrogen and oxygen atoms in total. The van der Waals surface area contributed by atoms with Crippen molar-refractivity contribution in [2.75, 3.05) is 31.3 Å². The Kier molecular flexibility index (Phi) is 7.12. The summed E-state index contributed by atoms with van der Waals surface area (Å²) in [6.07, 6.45) is 2.76. The molecule has 1 aromatic rings. The number of anilines is 1. The quantitative estimate of drug-likeness (QED) is 0.630. The third-order valence-corrected chi connectivity index (χ3v) is 4.71. The Morgan fingerprint density at radius 3 is 2.52 bits per heavy atom. The van der Waals surface area contributed by atoms with E-state index in [9.17, 15) is 14.4 Å². The Balaban J connectivity index is 1.82. The fraction of sp³-hybridized carbons (Fsp3) is 0.471. The van der Waals surface area contributed by atoms with Crippen LogP contribution in [0, 0.1) is 0 Å². The largest absolute Gasteiger partial charge is 0.450 e. The zero-order chi connectivity index (χ0) is 18.2. The highest BCUT2D eigenvalue weighted by molar-refractivity contribution is 7.98. The normalized spacial score (nSPS) is 14.7. The molecule has 0 atom stereocenters. The predicted molar refractivity (Wildman–Crippen MR) is 96.6 cm³/mol. The molecule has 0 spiro atoms. The third kappa shape index (κ3) is 5.38. The molecule has 1 aromatic carbocycles. The molecule has 25 heavy (non-hydrogen) atoms. The van der Waals surface area contributed by atoms with E-state index < -0.39 is 11.8 Å². The number of carbonyl (C=O) groups is 3. The first-order valence-corrected chi connectivity index (χ1v) is 9.44. The van der Waals surface area contributed by atoms with Gasteiger partial charge in [0.15, 0.2) is 0 Å². The minimum Gasteiger partial charge on any atom is -0.450 e. The molecule has 1 aliphatic heterocycles. The summed E-state index contributed by atoms with van der Waals surface area (Å²) >= 11 is 1.50. The Morgan fingerprint density at radius 2 is 1.88 bits per heavy atom. The fourth-order valence-corrected chi connectivity index (χ4v) is 3.15. The predicted octanol–water partition coefficient (Wildman–Crippen LogP) is 2.08. The van der Waals surface area contributed by atoms with Gasteiger partial charge in [0.25, 0.3) is 0 Å². The van der Waals surface area contributed by atoms with Gasteiger partial charge in [-0.3, -0.25) is 9.59 Å². The topological polar surface area (TPSA) is 87.7 Å². The van der Waals surface area contributed by atoms with E-state index in [1.807, 2.05) is 18.4 Å². The minimum absolute atomic E-state index is 0.125. The Hall–Kier alpha value is -2.22. The lowest BCUT2D eigenvalue weighted by Crippen LogP contribution is -2.49. The lowest BCUT2D eigenvalue weighted by atomic mass is 10.1. The number of amides is 3. The van der Waals surface area contributed by atoms with Crippen LogP contribution in [0.5, 0.6) is 0 Å². The number of hydrogen-bond donors (Lipinski definition) is 2. The van der Waals surface area contributed by atoms with Gasteiger partial charge in [-0.05, 0) is 38.2 Å². The average molecular weight is 365 g/mol. The zero-order valence-electron chi connectivity index (χ0n) is 14.4. The first-order valence-electron chi connectivity index (χ1n) is 8.21. The van der Waals surface area contributed by atoms with Crippen molar-refractivity contribution in [3.8, 4) is 0 Å². The van der Waals surface area contributed by atoms with Gasteiger partial charge in [0.1, 0.15) is 0 Å². The summed E-state index contributed by atoms with van der Waals surface area (Å²) in [5.41, 5.74) is 0.618. The van der Waals surface area contributed by atoms with Crippen molar-refractivity contribution in [1.29, 1.82) is 0 Å². The monoisotopic (exact) mass is 365 g/mol. The summed E-state index contributed by atoms with van der Waals surface area (Å²) in [6, 6.07) is 7.19. The number of carbonyl (C=O) groups excluding carboxylic acids is 3. The smallest absolute Gasteiger partial charge is 0.409 e. The first-order chi connectivity index (χ1) is 12.0. The number of nitrogens with zero attached hydrogens (tertiary/aromatic N) is 1. The molecule has 1 saturated heterocycles. The summed E-state index contributed by atoms with van der Waals surface area (Å²) in [5, 5.41) is 5.37. The lowest BCUT2D eigenvalue weighted by Gasteiger charge is -2.31. The Bertz CT molecular complexity index is 630. The number of piperidine rings is 1. The second-order valence-corrected chi connectivity index (χ2v) is 6.44. The molecule has 0 bridgehead atoms. The van der Waals surface area contributed by atoms with Gasteiger partial charge in [-0.1, -0.05) is 12.1 Å². The molecule has 2 N–H and O–H groups in total. The molecule has 8 heteroatoms. The summed E-state index contributed by atoms with van der Waals surface area (Å²) in [6.45, 7) is 3.10. The number of thioether (sulfide) groups is 1. The summed E-state index contributed by atoms with van der Waals surface area (Å²) in [7, 11) is 0. The molecule has 0 unspecified atom stereocenters. The number of hydrogen-bond acceptors (Lipinski definition) is 5. The highest BCUT2D eigenvalue weighted by atomic mass is 32.2.